The second-order valence-corrected chi connectivity index (χ2v) is 4.67. The van der Waals surface area contributed by atoms with E-state index in [2.05, 4.69) is 19.2 Å². The minimum absolute atomic E-state index is 0.0621. The van der Waals surface area contributed by atoms with Gasteiger partial charge in [-0.25, -0.2) is 0 Å². The molecule has 0 bridgehead atoms. The summed E-state index contributed by atoms with van der Waals surface area (Å²) in [5, 5.41) is 3.40. The van der Waals surface area contributed by atoms with E-state index in [0.717, 1.165) is 32.5 Å². The molecule has 84 valence electrons. The van der Waals surface area contributed by atoms with E-state index in [4.69, 9.17) is 10.5 Å². The number of ether oxygens (including phenoxy) is 1. The van der Waals surface area contributed by atoms with Crippen LogP contribution in [0.5, 0.6) is 0 Å². The van der Waals surface area contributed by atoms with Crippen LogP contribution in [0.2, 0.25) is 0 Å². The molecule has 2 unspecified atom stereocenters. The third-order valence-corrected chi connectivity index (χ3v) is 2.75. The maximum atomic E-state index is 6.11. The maximum Gasteiger partial charge on any atom is 0.0700 e. The van der Waals surface area contributed by atoms with Gasteiger partial charge >= 0.3 is 0 Å². The van der Waals surface area contributed by atoms with Crippen molar-refractivity contribution in [2.75, 3.05) is 19.7 Å². The topological polar surface area (TPSA) is 47.3 Å². The molecule has 1 heterocycles. The van der Waals surface area contributed by atoms with Crippen molar-refractivity contribution in [2.24, 2.45) is 5.73 Å². The van der Waals surface area contributed by atoms with Crippen LogP contribution in [0.15, 0.2) is 0 Å². The molecule has 0 spiro atoms. The molecule has 0 amide bonds. The molecule has 1 rings (SSSR count). The molecule has 3 N–H and O–H groups in total. The highest BCUT2D eigenvalue weighted by Crippen LogP contribution is 2.11. The summed E-state index contributed by atoms with van der Waals surface area (Å²) < 4.78 is 5.52. The number of rotatable bonds is 6. The van der Waals surface area contributed by atoms with E-state index >= 15 is 0 Å². The number of hydrogen-bond acceptors (Lipinski definition) is 3. The number of hydrogen-bond donors (Lipinski definition) is 2. The van der Waals surface area contributed by atoms with Gasteiger partial charge in [0.05, 0.1) is 6.10 Å². The first-order valence-corrected chi connectivity index (χ1v) is 5.75. The summed E-state index contributed by atoms with van der Waals surface area (Å²) in [6, 6.07) is 0. The Hall–Kier alpha value is -0.120. The van der Waals surface area contributed by atoms with Crippen molar-refractivity contribution in [1.82, 2.24) is 5.32 Å². The minimum Gasteiger partial charge on any atom is -0.377 e. The molecular weight excluding hydrogens is 176 g/mol. The Labute approximate surface area is 87.4 Å². The molecular formula is C11H24N2O. The Morgan fingerprint density at radius 1 is 1.57 bits per heavy atom. The highest BCUT2D eigenvalue weighted by molar-refractivity contribution is 4.81. The van der Waals surface area contributed by atoms with Crippen molar-refractivity contribution in [3.63, 3.8) is 0 Å². The van der Waals surface area contributed by atoms with Gasteiger partial charge in [0, 0.05) is 25.2 Å². The Kier molecular flexibility index (Phi) is 4.85. The summed E-state index contributed by atoms with van der Waals surface area (Å²) in [6.45, 7) is 7.06. The quantitative estimate of drug-likeness (QED) is 0.679. The molecule has 0 radical (unpaired) electrons. The third kappa shape index (κ3) is 4.40. The molecule has 3 nitrogen and oxygen atoms in total. The number of nitrogens with two attached hydrogens (primary N) is 1. The first-order chi connectivity index (χ1) is 6.64. The van der Waals surface area contributed by atoms with Crippen molar-refractivity contribution >= 4 is 0 Å². The number of nitrogens with one attached hydrogen (secondary N) is 1. The van der Waals surface area contributed by atoms with Crippen molar-refractivity contribution in [2.45, 2.75) is 51.2 Å². The molecule has 0 aromatic heterocycles. The summed E-state index contributed by atoms with van der Waals surface area (Å²) in [7, 11) is 0. The van der Waals surface area contributed by atoms with Crippen LogP contribution in [0.1, 0.15) is 39.5 Å². The molecule has 1 aliphatic heterocycles. The molecule has 2 atom stereocenters. The maximum absolute atomic E-state index is 6.11. The van der Waals surface area contributed by atoms with Gasteiger partial charge in [-0.3, -0.25) is 0 Å². The molecule has 14 heavy (non-hydrogen) atoms. The standard InChI is InChI=1S/C11H24N2O/c1-3-6-11(2,12)9-13-8-10-5-4-7-14-10/h10,13H,3-9,12H2,1-2H3. The fraction of sp³-hybridized carbons (Fsp3) is 1.00. The van der Waals surface area contributed by atoms with E-state index < -0.39 is 0 Å². The average molecular weight is 200 g/mol. The lowest BCUT2D eigenvalue weighted by Crippen LogP contribution is -2.47. The zero-order chi connectivity index (χ0) is 10.4. The summed E-state index contributed by atoms with van der Waals surface area (Å²) in [6.07, 6.45) is 5.05. The van der Waals surface area contributed by atoms with E-state index in [1.807, 2.05) is 0 Å². The minimum atomic E-state index is -0.0621. The monoisotopic (exact) mass is 200 g/mol. The van der Waals surface area contributed by atoms with Crippen LogP contribution in [0.3, 0.4) is 0 Å². The van der Waals surface area contributed by atoms with Crippen molar-refractivity contribution in [1.29, 1.82) is 0 Å². The van der Waals surface area contributed by atoms with Gasteiger partial charge in [0.1, 0.15) is 0 Å². The fourth-order valence-corrected chi connectivity index (χ4v) is 1.98. The van der Waals surface area contributed by atoms with Gasteiger partial charge in [-0.2, -0.15) is 0 Å². The lowest BCUT2D eigenvalue weighted by atomic mass is 9.97. The van der Waals surface area contributed by atoms with Gasteiger partial charge < -0.3 is 15.8 Å². The van der Waals surface area contributed by atoms with Crippen LogP contribution in [-0.4, -0.2) is 31.3 Å². The van der Waals surface area contributed by atoms with E-state index in [9.17, 15) is 0 Å². The van der Waals surface area contributed by atoms with E-state index in [0.29, 0.717) is 6.10 Å². The molecule has 0 saturated carbocycles. The molecule has 3 heteroatoms. The zero-order valence-electron chi connectivity index (χ0n) is 9.51. The van der Waals surface area contributed by atoms with E-state index in [-0.39, 0.29) is 5.54 Å². The Bertz CT molecular complexity index is 153. The summed E-state index contributed by atoms with van der Waals surface area (Å²) in [5.74, 6) is 0. The molecule has 0 aliphatic carbocycles. The van der Waals surface area contributed by atoms with E-state index in [1.165, 1.54) is 12.8 Å². The van der Waals surface area contributed by atoms with Crippen LogP contribution in [0.4, 0.5) is 0 Å². The highest BCUT2D eigenvalue weighted by Gasteiger charge is 2.19. The first-order valence-electron chi connectivity index (χ1n) is 5.75. The second-order valence-electron chi connectivity index (χ2n) is 4.67. The van der Waals surface area contributed by atoms with Crippen LogP contribution >= 0.6 is 0 Å². The normalized spacial score (nSPS) is 26.4. The Balaban J connectivity index is 2.07. The lowest BCUT2D eigenvalue weighted by Gasteiger charge is -2.25. The molecule has 1 saturated heterocycles. The highest BCUT2D eigenvalue weighted by atomic mass is 16.5. The Morgan fingerprint density at radius 2 is 2.36 bits per heavy atom. The lowest BCUT2D eigenvalue weighted by molar-refractivity contribution is 0.109. The molecule has 1 fully saturated rings. The fourth-order valence-electron chi connectivity index (χ4n) is 1.98. The SMILES string of the molecule is CCCC(C)(N)CNCC1CCCO1. The van der Waals surface area contributed by atoms with Gasteiger partial charge in [0.2, 0.25) is 0 Å². The zero-order valence-corrected chi connectivity index (χ0v) is 9.51. The van der Waals surface area contributed by atoms with Crippen LogP contribution in [-0.2, 0) is 4.74 Å². The van der Waals surface area contributed by atoms with Gasteiger partial charge in [-0.1, -0.05) is 13.3 Å². The van der Waals surface area contributed by atoms with Crippen molar-refractivity contribution in [3.05, 3.63) is 0 Å². The summed E-state index contributed by atoms with van der Waals surface area (Å²) >= 11 is 0. The van der Waals surface area contributed by atoms with E-state index in [1.54, 1.807) is 0 Å². The first kappa shape index (κ1) is 12.0. The van der Waals surface area contributed by atoms with Crippen LogP contribution < -0.4 is 11.1 Å². The van der Waals surface area contributed by atoms with Crippen LogP contribution in [0.25, 0.3) is 0 Å². The molecule has 1 aliphatic rings. The summed E-state index contributed by atoms with van der Waals surface area (Å²) in [4.78, 5) is 0. The third-order valence-electron chi connectivity index (χ3n) is 2.75. The van der Waals surface area contributed by atoms with Crippen molar-refractivity contribution in [3.8, 4) is 0 Å². The van der Waals surface area contributed by atoms with Crippen molar-refractivity contribution < 1.29 is 4.74 Å². The largest absolute Gasteiger partial charge is 0.377 e. The van der Waals surface area contributed by atoms with Gasteiger partial charge in [0.15, 0.2) is 0 Å². The Morgan fingerprint density at radius 3 is 2.93 bits per heavy atom. The van der Waals surface area contributed by atoms with Gasteiger partial charge in [0.25, 0.3) is 0 Å². The molecule has 0 aromatic carbocycles. The average Bonchev–Trinajstić information content (AvgIpc) is 2.56. The van der Waals surface area contributed by atoms with Crippen LogP contribution in [0, 0.1) is 0 Å². The van der Waals surface area contributed by atoms with Gasteiger partial charge in [-0.05, 0) is 26.2 Å². The summed E-state index contributed by atoms with van der Waals surface area (Å²) in [5.41, 5.74) is 6.05. The predicted octanol–water partition coefficient (Wildman–Crippen LogP) is 1.27. The van der Waals surface area contributed by atoms with Gasteiger partial charge in [-0.15, -0.1) is 0 Å². The predicted molar refractivity (Wildman–Crippen MR) is 59.3 cm³/mol. The smallest absolute Gasteiger partial charge is 0.0700 e. The molecule has 0 aromatic rings. The second kappa shape index (κ2) is 5.69.